The minimum Gasteiger partial charge on any atom is -0.494 e. The summed E-state index contributed by atoms with van der Waals surface area (Å²) in [6.07, 6.45) is 0.959. The highest BCUT2D eigenvalue weighted by Gasteiger charge is 2.11. The molecular formula is C14H23ClN2O2. The molecule has 0 spiro atoms. The predicted octanol–water partition coefficient (Wildman–Crippen LogP) is 2.19. The van der Waals surface area contributed by atoms with Crippen LogP contribution in [-0.4, -0.2) is 44.6 Å². The van der Waals surface area contributed by atoms with Gasteiger partial charge in [0.2, 0.25) is 0 Å². The van der Waals surface area contributed by atoms with Gasteiger partial charge in [-0.1, -0.05) is 13.0 Å². The zero-order valence-electron chi connectivity index (χ0n) is 11.8. The van der Waals surface area contributed by atoms with Crippen molar-refractivity contribution < 1.29 is 9.53 Å². The van der Waals surface area contributed by atoms with E-state index in [4.69, 9.17) is 4.74 Å². The summed E-state index contributed by atoms with van der Waals surface area (Å²) in [6.45, 7) is 4.21. The van der Waals surface area contributed by atoms with Gasteiger partial charge >= 0.3 is 0 Å². The van der Waals surface area contributed by atoms with Crippen LogP contribution in [0, 0.1) is 0 Å². The number of nitrogens with zero attached hydrogens (tertiary/aromatic N) is 1. The molecule has 0 unspecified atom stereocenters. The van der Waals surface area contributed by atoms with E-state index in [0.717, 1.165) is 18.7 Å². The maximum Gasteiger partial charge on any atom is 0.253 e. The zero-order valence-corrected chi connectivity index (χ0v) is 12.6. The fraction of sp³-hybridized carbons (Fsp3) is 0.500. The molecule has 1 aromatic rings. The monoisotopic (exact) mass is 286 g/mol. The Labute approximate surface area is 121 Å². The van der Waals surface area contributed by atoms with E-state index in [-0.39, 0.29) is 18.3 Å². The molecule has 1 amide bonds. The summed E-state index contributed by atoms with van der Waals surface area (Å²) in [5.41, 5.74) is 0.669. The summed E-state index contributed by atoms with van der Waals surface area (Å²) >= 11 is 0. The van der Waals surface area contributed by atoms with Gasteiger partial charge in [0.15, 0.2) is 0 Å². The molecule has 1 rings (SSSR count). The highest BCUT2D eigenvalue weighted by atomic mass is 35.5. The van der Waals surface area contributed by atoms with E-state index in [0.29, 0.717) is 18.7 Å². The van der Waals surface area contributed by atoms with E-state index in [1.165, 1.54) is 0 Å². The van der Waals surface area contributed by atoms with E-state index in [2.05, 4.69) is 12.2 Å². The first-order chi connectivity index (χ1) is 8.69. The Balaban J connectivity index is 0.00000324. The molecule has 0 heterocycles. The normalized spacial score (nSPS) is 9.63. The number of ether oxygens (including phenoxy) is 1. The van der Waals surface area contributed by atoms with E-state index < -0.39 is 0 Å². The van der Waals surface area contributed by atoms with Gasteiger partial charge < -0.3 is 15.0 Å². The molecule has 1 aromatic carbocycles. The number of carbonyl (C=O) groups is 1. The molecule has 0 radical (unpaired) electrons. The van der Waals surface area contributed by atoms with Crippen molar-refractivity contribution in [2.75, 3.05) is 33.8 Å². The van der Waals surface area contributed by atoms with Crippen molar-refractivity contribution in [1.82, 2.24) is 10.2 Å². The van der Waals surface area contributed by atoms with Gasteiger partial charge in [-0.2, -0.15) is 0 Å². The van der Waals surface area contributed by atoms with Crippen LogP contribution in [0.2, 0.25) is 0 Å². The number of benzene rings is 1. The van der Waals surface area contributed by atoms with Crippen LogP contribution < -0.4 is 10.1 Å². The Hall–Kier alpha value is -1.26. The third-order valence-corrected chi connectivity index (χ3v) is 2.60. The summed E-state index contributed by atoms with van der Waals surface area (Å²) in [6, 6.07) is 7.34. The van der Waals surface area contributed by atoms with E-state index >= 15 is 0 Å². The molecule has 0 aliphatic rings. The molecule has 4 nitrogen and oxygen atoms in total. The molecule has 0 saturated heterocycles. The van der Waals surface area contributed by atoms with Gasteiger partial charge in [0.25, 0.3) is 5.91 Å². The van der Waals surface area contributed by atoms with Crippen molar-refractivity contribution in [3.63, 3.8) is 0 Å². The minimum atomic E-state index is 0. The summed E-state index contributed by atoms with van der Waals surface area (Å²) in [7, 11) is 3.68. The minimum absolute atomic E-state index is 0. The van der Waals surface area contributed by atoms with Crippen LogP contribution in [0.3, 0.4) is 0 Å². The van der Waals surface area contributed by atoms with Crippen molar-refractivity contribution >= 4 is 18.3 Å². The average molecular weight is 287 g/mol. The van der Waals surface area contributed by atoms with Crippen molar-refractivity contribution in [2.24, 2.45) is 0 Å². The molecule has 0 atom stereocenters. The first kappa shape index (κ1) is 17.7. The van der Waals surface area contributed by atoms with E-state index in [1.807, 2.05) is 25.2 Å². The van der Waals surface area contributed by atoms with Crippen molar-refractivity contribution in [3.8, 4) is 5.75 Å². The Morgan fingerprint density at radius 2 is 2.16 bits per heavy atom. The maximum atomic E-state index is 12.1. The van der Waals surface area contributed by atoms with Crippen LogP contribution >= 0.6 is 12.4 Å². The lowest BCUT2D eigenvalue weighted by molar-refractivity contribution is 0.0796. The topological polar surface area (TPSA) is 41.6 Å². The first-order valence-corrected chi connectivity index (χ1v) is 6.32. The maximum absolute atomic E-state index is 12.1. The molecule has 0 saturated carbocycles. The standard InChI is InChI=1S/C14H22N2O2.ClH/c1-4-10-18-13-7-5-6-12(11-13)14(17)16(3)9-8-15-2;/h5-7,11,15H,4,8-10H2,1-3H3;1H. The fourth-order valence-corrected chi connectivity index (χ4v) is 1.54. The van der Waals surface area contributed by atoms with Crippen LogP contribution in [0.15, 0.2) is 24.3 Å². The summed E-state index contributed by atoms with van der Waals surface area (Å²) in [5, 5.41) is 3.03. The number of hydrogen-bond acceptors (Lipinski definition) is 3. The Bertz CT molecular complexity index is 385. The lowest BCUT2D eigenvalue weighted by atomic mass is 10.2. The van der Waals surface area contributed by atoms with Crippen LogP contribution in [-0.2, 0) is 0 Å². The molecule has 0 bridgehead atoms. The molecule has 0 aliphatic carbocycles. The highest BCUT2D eigenvalue weighted by molar-refractivity contribution is 5.94. The van der Waals surface area contributed by atoms with Gasteiger partial charge in [0, 0.05) is 25.7 Å². The number of carbonyl (C=O) groups excluding carboxylic acids is 1. The largest absolute Gasteiger partial charge is 0.494 e. The van der Waals surface area contributed by atoms with Gasteiger partial charge in [-0.25, -0.2) is 0 Å². The number of rotatable bonds is 7. The average Bonchev–Trinajstić information content (AvgIpc) is 2.42. The van der Waals surface area contributed by atoms with Gasteiger partial charge in [0.1, 0.15) is 5.75 Å². The van der Waals surface area contributed by atoms with Gasteiger partial charge in [-0.15, -0.1) is 12.4 Å². The van der Waals surface area contributed by atoms with Crippen molar-refractivity contribution in [1.29, 1.82) is 0 Å². The molecule has 0 aliphatic heterocycles. The summed E-state index contributed by atoms with van der Waals surface area (Å²) < 4.78 is 5.52. The predicted molar refractivity (Wildman–Crippen MR) is 80.4 cm³/mol. The summed E-state index contributed by atoms with van der Waals surface area (Å²) in [5.74, 6) is 0.775. The second-order valence-electron chi connectivity index (χ2n) is 4.21. The van der Waals surface area contributed by atoms with Gasteiger partial charge in [-0.3, -0.25) is 4.79 Å². The van der Waals surface area contributed by atoms with Crippen LogP contribution in [0.1, 0.15) is 23.7 Å². The van der Waals surface area contributed by atoms with Crippen LogP contribution in [0.25, 0.3) is 0 Å². The number of nitrogens with one attached hydrogen (secondary N) is 1. The zero-order chi connectivity index (χ0) is 13.4. The molecule has 0 fully saturated rings. The number of halogens is 1. The third-order valence-electron chi connectivity index (χ3n) is 2.60. The molecule has 0 aromatic heterocycles. The Morgan fingerprint density at radius 3 is 2.79 bits per heavy atom. The van der Waals surface area contributed by atoms with Crippen LogP contribution in [0.4, 0.5) is 0 Å². The number of amides is 1. The lowest BCUT2D eigenvalue weighted by Crippen LogP contribution is -2.32. The van der Waals surface area contributed by atoms with E-state index in [1.54, 1.807) is 18.0 Å². The smallest absolute Gasteiger partial charge is 0.253 e. The molecule has 1 N–H and O–H groups in total. The second-order valence-corrected chi connectivity index (χ2v) is 4.21. The number of likely N-dealkylation sites (N-methyl/N-ethyl adjacent to an activating group) is 2. The number of hydrogen-bond donors (Lipinski definition) is 1. The highest BCUT2D eigenvalue weighted by Crippen LogP contribution is 2.14. The molecular weight excluding hydrogens is 264 g/mol. The Kier molecular flexibility index (Phi) is 9.00. The van der Waals surface area contributed by atoms with Crippen LogP contribution in [0.5, 0.6) is 5.75 Å². The first-order valence-electron chi connectivity index (χ1n) is 6.32. The van der Waals surface area contributed by atoms with Gasteiger partial charge in [-0.05, 0) is 31.7 Å². The lowest BCUT2D eigenvalue weighted by Gasteiger charge is -2.17. The van der Waals surface area contributed by atoms with E-state index in [9.17, 15) is 4.79 Å². The van der Waals surface area contributed by atoms with Crippen molar-refractivity contribution in [3.05, 3.63) is 29.8 Å². The molecule has 5 heteroatoms. The molecule has 108 valence electrons. The third kappa shape index (κ3) is 5.94. The second kappa shape index (κ2) is 9.64. The SMILES string of the molecule is CCCOc1cccc(C(=O)N(C)CCNC)c1.Cl. The van der Waals surface area contributed by atoms with Gasteiger partial charge in [0.05, 0.1) is 6.61 Å². The Morgan fingerprint density at radius 1 is 1.42 bits per heavy atom. The van der Waals surface area contributed by atoms with Crippen molar-refractivity contribution in [2.45, 2.75) is 13.3 Å². The quantitative estimate of drug-likeness (QED) is 0.835. The molecule has 19 heavy (non-hydrogen) atoms. The summed E-state index contributed by atoms with van der Waals surface area (Å²) in [4.78, 5) is 13.8. The fourth-order valence-electron chi connectivity index (χ4n) is 1.54.